The molecule has 1 aromatic carbocycles. The molecule has 0 saturated heterocycles. The quantitative estimate of drug-likeness (QED) is 0.877. The fourth-order valence-electron chi connectivity index (χ4n) is 3.48. The van der Waals surface area contributed by atoms with E-state index in [-0.39, 0.29) is 11.9 Å². The van der Waals surface area contributed by atoms with Gasteiger partial charge in [-0.25, -0.2) is 0 Å². The Hall–Kier alpha value is -2.69. The van der Waals surface area contributed by atoms with Gasteiger partial charge in [0, 0.05) is 12.4 Å². The van der Waals surface area contributed by atoms with Crippen molar-refractivity contribution in [3.8, 4) is 11.1 Å². The van der Waals surface area contributed by atoms with Crippen molar-refractivity contribution in [2.75, 3.05) is 0 Å². The molecule has 0 radical (unpaired) electrons. The normalized spacial score (nSPS) is 22.0. The van der Waals surface area contributed by atoms with Gasteiger partial charge in [-0.3, -0.25) is 14.6 Å². The zero-order valence-corrected chi connectivity index (χ0v) is 14.6. The van der Waals surface area contributed by atoms with E-state index >= 15 is 0 Å². The van der Waals surface area contributed by atoms with Crippen LogP contribution in [0.3, 0.4) is 0 Å². The van der Waals surface area contributed by atoms with Gasteiger partial charge in [0.25, 0.3) is 0 Å². The van der Waals surface area contributed by atoms with E-state index in [0.29, 0.717) is 0 Å². The van der Waals surface area contributed by atoms with E-state index in [1.807, 2.05) is 57.2 Å². The van der Waals surface area contributed by atoms with Gasteiger partial charge in [0.15, 0.2) is 0 Å². The lowest BCUT2D eigenvalue weighted by atomic mass is 10.0. The third kappa shape index (κ3) is 3.27. The van der Waals surface area contributed by atoms with Crippen LogP contribution in [0.1, 0.15) is 32.4 Å². The van der Waals surface area contributed by atoms with Gasteiger partial charge in [0.2, 0.25) is 5.91 Å². The maximum Gasteiger partial charge on any atom is 0.307 e. The number of benzene rings is 1. The van der Waals surface area contributed by atoms with Crippen LogP contribution in [0.15, 0.2) is 48.8 Å². The van der Waals surface area contributed by atoms with Crippen molar-refractivity contribution < 1.29 is 14.7 Å². The van der Waals surface area contributed by atoms with Crippen molar-refractivity contribution in [3.05, 3.63) is 54.4 Å². The van der Waals surface area contributed by atoms with Gasteiger partial charge in [-0.2, -0.15) is 0 Å². The Morgan fingerprint density at radius 2 is 1.60 bits per heavy atom. The van der Waals surface area contributed by atoms with Crippen LogP contribution in [0, 0.1) is 17.3 Å². The number of carboxylic acids is 1. The molecule has 3 rings (SSSR count). The number of rotatable bonds is 5. The smallest absolute Gasteiger partial charge is 0.307 e. The number of aromatic nitrogens is 1. The lowest BCUT2D eigenvalue weighted by Crippen LogP contribution is -2.30. The lowest BCUT2D eigenvalue weighted by Gasteiger charge is -2.15. The minimum Gasteiger partial charge on any atom is -0.481 e. The molecule has 1 heterocycles. The summed E-state index contributed by atoms with van der Waals surface area (Å²) in [6.45, 7) is 5.55. The number of hydrogen-bond donors (Lipinski definition) is 2. The molecular formula is C20H22N2O3. The van der Waals surface area contributed by atoms with Crippen molar-refractivity contribution in [1.29, 1.82) is 0 Å². The molecule has 1 saturated carbocycles. The second kappa shape index (κ2) is 6.31. The molecule has 5 heteroatoms. The summed E-state index contributed by atoms with van der Waals surface area (Å²) in [4.78, 5) is 27.7. The van der Waals surface area contributed by atoms with Gasteiger partial charge in [0.1, 0.15) is 0 Å². The molecule has 1 unspecified atom stereocenters. The molecule has 1 aliphatic carbocycles. The molecule has 1 aliphatic rings. The molecule has 1 amide bonds. The predicted molar refractivity (Wildman–Crippen MR) is 94.6 cm³/mol. The number of amides is 1. The first-order chi connectivity index (χ1) is 11.8. The number of carboxylic acid groups (broad SMARTS) is 1. The molecule has 2 aromatic rings. The number of hydrogen-bond acceptors (Lipinski definition) is 3. The zero-order chi connectivity index (χ0) is 18.2. The molecule has 5 nitrogen and oxygen atoms in total. The highest BCUT2D eigenvalue weighted by atomic mass is 16.4. The summed E-state index contributed by atoms with van der Waals surface area (Å²) in [5.74, 6) is -2.17. The molecule has 25 heavy (non-hydrogen) atoms. The van der Waals surface area contributed by atoms with E-state index < -0.39 is 23.2 Å². The Bertz CT molecular complexity index is 784. The molecule has 0 aliphatic heterocycles. The largest absolute Gasteiger partial charge is 0.481 e. The number of pyridine rings is 1. The monoisotopic (exact) mass is 338 g/mol. The second-order valence-corrected chi connectivity index (χ2v) is 7.20. The third-order valence-electron chi connectivity index (χ3n) is 5.16. The van der Waals surface area contributed by atoms with Crippen LogP contribution in [0.2, 0.25) is 0 Å². The first-order valence-electron chi connectivity index (χ1n) is 8.36. The van der Waals surface area contributed by atoms with Crippen LogP contribution in [0.4, 0.5) is 0 Å². The highest BCUT2D eigenvalue weighted by Gasteiger charge is 2.65. The van der Waals surface area contributed by atoms with Crippen LogP contribution in [0.25, 0.3) is 11.1 Å². The first kappa shape index (κ1) is 17.1. The minimum atomic E-state index is -0.903. The summed E-state index contributed by atoms with van der Waals surface area (Å²) in [6, 6.07) is 11.7. The Balaban J connectivity index is 1.67. The van der Waals surface area contributed by atoms with E-state index in [1.165, 1.54) is 0 Å². The van der Waals surface area contributed by atoms with Crippen molar-refractivity contribution in [2.24, 2.45) is 17.3 Å². The number of nitrogens with one attached hydrogen (secondary N) is 1. The Morgan fingerprint density at radius 3 is 2.12 bits per heavy atom. The lowest BCUT2D eigenvalue weighted by molar-refractivity contribution is -0.140. The van der Waals surface area contributed by atoms with Crippen LogP contribution < -0.4 is 5.32 Å². The van der Waals surface area contributed by atoms with Crippen LogP contribution in [-0.2, 0) is 9.59 Å². The zero-order valence-electron chi connectivity index (χ0n) is 14.6. The highest BCUT2D eigenvalue weighted by Crippen LogP contribution is 2.58. The summed E-state index contributed by atoms with van der Waals surface area (Å²) in [7, 11) is 0. The average Bonchev–Trinajstić information content (AvgIpc) is 3.18. The summed E-state index contributed by atoms with van der Waals surface area (Å²) < 4.78 is 0. The number of aliphatic carboxylic acids is 1. The molecule has 130 valence electrons. The number of nitrogens with zero attached hydrogens (tertiary/aromatic N) is 1. The Kier molecular flexibility index (Phi) is 4.33. The maximum atomic E-state index is 12.4. The third-order valence-corrected chi connectivity index (χ3v) is 5.16. The van der Waals surface area contributed by atoms with E-state index in [0.717, 1.165) is 16.7 Å². The van der Waals surface area contributed by atoms with Crippen molar-refractivity contribution >= 4 is 11.9 Å². The number of carbonyl (C=O) groups is 2. The van der Waals surface area contributed by atoms with Gasteiger partial charge < -0.3 is 10.4 Å². The maximum absolute atomic E-state index is 12.4. The van der Waals surface area contributed by atoms with Crippen LogP contribution >= 0.6 is 0 Å². The summed E-state index contributed by atoms with van der Waals surface area (Å²) in [5.41, 5.74) is 2.67. The molecule has 3 atom stereocenters. The fourth-order valence-corrected chi connectivity index (χ4v) is 3.48. The van der Waals surface area contributed by atoms with Gasteiger partial charge in [-0.05, 0) is 41.2 Å². The van der Waals surface area contributed by atoms with Crippen molar-refractivity contribution in [2.45, 2.75) is 26.8 Å². The fraction of sp³-hybridized carbons (Fsp3) is 0.350. The molecule has 1 aromatic heterocycles. The summed E-state index contributed by atoms with van der Waals surface area (Å²) >= 11 is 0. The Morgan fingerprint density at radius 1 is 1.04 bits per heavy atom. The topological polar surface area (TPSA) is 79.3 Å². The summed E-state index contributed by atoms with van der Waals surface area (Å²) in [6.07, 6.45) is 3.50. The molecule has 2 N–H and O–H groups in total. The Labute approximate surface area is 147 Å². The second-order valence-electron chi connectivity index (χ2n) is 7.20. The number of carbonyl (C=O) groups excluding carboxylic acids is 1. The van der Waals surface area contributed by atoms with E-state index in [4.69, 9.17) is 0 Å². The van der Waals surface area contributed by atoms with Crippen molar-refractivity contribution in [1.82, 2.24) is 10.3 Å². The standard InChI is InChI=1S/C20H22N2O3/c1-12(22-18(23)16-17(19(24)25)20(16,2)3)13-4-6-14(7-5-13)15-8-10-21-11-9-15/h4-12,16-17H,1-3H3,(H,22,23)(H,24,25)/t12?,16-,17+/m0/s1. The minimum absolute atomic E-state index is 0.176. The van der Waals surface area contributed by atoms with Gasteiger partial charge >= 0.3 is 5.97 Å². The first-order valence-corrected chi connectivity index (χ1v) is 8.36. The molecular weight excluding hydrogens is 316 g/mol. The highest BCUT2D eigenvalue weighted by molar-refractivity contribution is 5.91. The average molecular weight is 338 g/mol. The van der Waals surface area contributed by atoms with Gasteiger partial charge in [0.05, 0.1) is 17.9 Å². The SMILES string of the molecule is CC(NC(=O)[C@@H]1[C@H](C(=O)O)C1(C)C)c1ccc(-c2ccncc2)cc1. The predicted octanol–water partition coefficient (Wildman–Crippen LogP) is 3.28. The van der Waals surface area contributed by atoms with E-state index in [1.54, 1.807) is 12.4 Å². The van der Waals surface area contributed by atoms with Gasteiger partial charge in [-0.15, -0.1) is 0 Å². The molecule has 0 spiro atoms. The van der Waals surface area contributed by atoms with Crippen LogP contribution in [0.5, 0.6) is 0 Å². The molecule has 0 bridgehead atoms. The van der Waals surface area contributed by atoms with Crippen LogP contribution in [-0.4, -0.2) is 22.0 Å². The summed E-state index contributed by atoms with van der Waals surface area (Å²) in [5, 5.41) is 12.2. The van der Waals surface area contributed by atoms with E-state index in [2.05, 4.69) is 10.3 Å². The molecule has 1 fully saturated rings. The van der Waals surface area contributed by atoms with Gasteiger partial charge in [-0.1, -0.05) is 38.1 Å². The van der Waals surface area contributed by atoms with E-state index in [9.17, 15) is 14.7 Å². The van der Waals surface area contributed by atoms with Crippen molar-refractivity contribution in [3.63, 3.8) is 0 Å².